The summed E-state index contributed by atoms with van der Waals surface area (Å²) in [5.74, 6) is -0.357. The lowest BCUT2D eigenvalue weighted by Gasteiger charge is -2.07. The molecular weight excluding hydrogens is 236 g/mol. The zero-order valence-corrected chi connectivity index (χ0v) is 10.9. The van der Waals surface area contributed by atoms with Crippen LogP contribution in [0, 0.1) is 0 Å². The molecule has 3 N–H and O–H groups in total. The van der Waals surface area contributed by atoms with Crippen LogP contribution >= 0.6 is 0 Å². The van der Waals surface area contributed by atoms with Crippen molar-refractivity contribution in [1.29, 1.82) is 0 Å². The van der Waals surface area contributed by atoms with Crippen LogP contribution in [0.25, 0.3) is 21.8 Å². The molecule has 0 radical (unpaired) electrons. The lowest BCUT2D eigenvalue weighted by molar-refractivity contribution is 0.0999. The number of para-hydroxylation sites is 1. The van der Waals surface area contributed by atoms with Crippen LogP contribution in [-0.2, 0) is 6.42 Å². The predicted molar refractivity (Wildman–Crippen MR) is 78.3 cm³/mol. The molecule has 1 amide bonds. The lowest BCUT2D eigenvalue weighted by Crippen LogP contribution is -2.14. The number of aromatic nitrogens is 1. The van der Waals surface area contributed by atoms with Crippen LogP contribution in [-0.4, -0.2) is 10.9 Å². The second-order valence-corrected chi connectivity index (χ2v) is 4.80. The molecule has 3 nitrogen and oxygen atoms in total. The number of hydrogen-bond donors (Lipinski definition) is 2. The predicted octanol–water partition coefficient (Wildman–Crippen LogP) is 3.37. The number of H-pyrrole nitrogens is 1. The van der Waals surface area contributed by atoms with Crippen molar-refractivity contribution in [3.63, 3.8) is 0 Å². The average molecular weight is 252 g/mol. The normalized spacial score (nSPS) is 11.2. The molecule has 3 heteroatoms. The Kier molecular flexibility index (Phi) is 2.75. The van der Waals surface area contributed by atoms with Gasteiger partial charge < -0.3 is 10.7 Å². The van der Waals surface area contributed by atoms with Crippen molar-refractivity contribution in [1.82, 2.24) is 4.98 Å². The molecule has 0 aliphatic heterocycles. The molecule has 0 aliphatic carbocycles. The first-order valence-electron chi connectivity index (χ1n) is 6.54. The van der Waals surface area contributed by atoms with Crippen LogP contribution in [0.4, 0.5) is 0 Å². The van der Waals surface area contributed by atoms with E-state index in [-0.39, 0.29) is 5.91 Å². The summed E-state index contributed by atoms with van der Waals surface area (Å²) in [4.78, 5) is 15.0. The van der Waals surface area contributed by atoms with Crippen molar-refractivity contribution >= 4 is 27.7 Å². The Hall–Kier alpha value is -2.29. The highest BCUT2D eigenvalue weighted by molar-refractivity contribution is 6.11. The van der Waals surface area contributed by atoms with Gasteiger partial charge >= 0.3 is 0 Å². The number of carbonyl (C=O) groups is 1. The number of amides is 1. The van der Waals surface area contributed by atoms with Gasteiger partial charge in [0.05, 0.1) is 5.52 Å². The van der Waals surface area contributed by atoms with Gasteiger partial charge in [-0.15, -0.1) is 0 Å². The zero-order chi connectivity index (χ0) is 13.4. The summed E-state index contributed by atoms with van der Waals surface area (Å²) < 4.78 is 0. The van der Waals surface area contributed by atoms with E-state index in [2.05, 4.69) is 24.0 Å². The zero-order valence-electron chi connectivity index (χ0n) is 10.9. The Morgan fingerprint density at radius 3 is 2.68 bits per heavy atom. The van der Waals surface area contributed by atoms with E-state index >= 15 is 0 Å². The first-order valence-corrected chi connectivity index (χ1v) is 6.54. The summed E-state index contributed by atoms with van der Waals surface area (Å²) in [5.41, 5.74) is 9.27. The minimum absolute atomic E-state index is 0.357. The van der Waals surface area contributed by atoms with E-state index < -0.39 is 0 Å². The van der Waals surface area contributed by atoms with Crippen LogP contribution < -0.4 is 5.73 Å². The number of benzene rings is 2. The number of rotatable bonds is 3. The first-order chi connectivity index (χ1) is 9.22. The van der Waals surface area contributed by atoms with Crippen LogP contribution in [0.2, 0.25) is 0 Å². The number of fused-ring (bicyclic) bond motifs is 3. The van der Waals surface area contributed by atoms with Crippen molar-refractivity contribution in [2.24, 2.45) is 5.73 Å². The molecule has 3 aromatic rings. The topological polar surface area (TPSA) is 58.9 Å². The van der Waals surface area contributed by atoms with E-state index in [1.165, 1.54) is 5.39 Å². The maximum Gasteiger partial charge on any atom is 0.249 e. The fraction of sp³-hybridized carbons (Fsp3) is 0.188. The number of aryl methyl sites for hydroxylation is 1. The molecule has 2 aromatic carbocycles. The van der Waals surface area contributed by atoms with Crippen molar-refractivity contribution in [3.8, 4) is 0 Å². The minimum atomic E-state index is -0.357. The van der Waals surface area contributed by atoms with Gasteiger partial charge in [-0.25, -0.2) is 0 Å². The van der Waals surface area contributed by atoms with Gasteiger partial charge in [0.15, 0.2) is 0 Å². The summed E-state index contributed by atoms with van der Waals surface area (Å²) in [6.45, 7) is 2.10. The largest absolute Gasteiger partial charge is 0.366 e. The van der Waals surface area contributed by atoms with Crippen molar-refractivity contribution in [2.75, 3.05) is 0 Å². The molecule has 0 saturated carbocycles. The fourth-order valence-electron chi connectivity index (χ4n) is 2.72. The first kappa shape index (κ1) is 11.8. The molecule has 0 aliphatic rings. The van der Waals surface area contributed by atoms with Crippen molar-refractivity contribution in [3.05, 3.63) is 47.5 Å². The monoisotopic (exact) mass is 252 g/mol. The highest BCUT2D eigenvalue weighted by Gasteiger charge is 2.14. The van der Waals surface area contributed by atoms with Gasteiger partial charge in [0, 0.05) is 21.9 Å². The highest BCUT2D eigenvalue weighted by Crippen LogP contribution is 2.30. The molecule has 1 heterocycles. The number of carbonyl (C=O) groups excluding carboxylic acids is 1. The van der Waals surface area contributed by atoms with Crippen LogP contribution in [0.1, 0.15) is 29.3 Å². The van der Waals surface area contributed by atoms with Gasteiger partial charge in [-0.1, -0.05) is 37.6 Å². The van der Waals surface area contributed by atoms with E-state index in [1.54, 1.807) is 0 Å². The molecule has 1 aromatic heterocycles. The summed E-state index contributed by atoms with van der Waals surface area (Å²) in [6.07, 6.45) is 1.83. The molecule has 0 atom stereocenters. The third-order valence-electron chi connectivity index (χ3n) is 3.56. The van der Waals surface area contributed by atoms with E-state index in [0.717, 1.165) is 34.8 Å². The van der Waals surface area contributed by atoms with Gasteiger partial charge in [0.1, 0.15) is 0 Å². The van der Waals surface area contributed by atoms with E-state index in [0.29, 0.717) is 5.56 Å². The van der Waals surface area contributed by atoms with E-state index in [1.807, 2.05) is 24.3 Å². The molecule has 0 spiro atoms. The molecule has 96 valence electrons. The molecule has 0 fully saturated rings. The second-order valence-electron chi connectivity index (χ2n) is 4.80. The Bertz CT molecular complexity index is 771. The lowest BCUT2D eigenvalue weighted by atomic mass is 9.99. The van der Waals surface area contributed by atoms with Crippen LogP contribution in [0.5, 0.6) is 0 Å². The van der Waals surface area contributed by atoms with Gasteiger partial charge in [-0.05, 0) is 24.1 Å². The van der Waals surface area contributed by atoms with Crippen molar-refractivity contribution in [2.45, 2.75) is 19.8 Å². The molecule has 19 heavy (non-hydrogen) atoms. The quantitative estimate of drug-likeness (QED) is 0.737. The Labute approximate surface area is 111 Å². The number of nitrogens with one attached hydrogen (secondary N) is 1. The fourth-order valence-corrected chi connectivity index (χ4v) is 2.72. The average Bonchev–Trinajstić information content (AvgIpc) is 2.78. The number of nitrogens with two attached hydrogens (primary N) is 1. The van der Waals surface area contributed by atoms with Crippen LogP contribution in [0.15, 0.2) is 36.4 Å². The summed E-state index contributed by atoms with van der Waals surface area (Å²) in [6, 6.07) is 12.0. The van der Waals surface area contributed by atoms with Crippen LogP contribution in [0.3, 0.4) is 0 Å². The summed E-state index contributed by atoms with van der Waals surface area (Å²) in [7, 11) is 0. The summed E-state index contributed by atoms with van der Waals surface area (Å²) >= 11 is 0. The maximum atomic E-state index is 11.6. The van der Waals surface area contributed by atoms with E-state index in [4.69, 9.17) is 5.73 Å². The maximum absolute atomic E-state index is 11.6. The van der Waals surface area contributed by atoms with Gasteiger partial charge in [-0.3, -0.25) is 4.79 Å². The second kappa shape index (κ2) is 4.43. The molecule has 3 rings (SSSR count). The number of aromatic amines is 1. The third-order valence-corrected chi connectivity index (χ3v) is 3.56. The van der Waals surface area contributed by atoms with Gasteiger partial charge in [-0.2, -0.15) is 0 Å². The number of hydrogen-bond acceptors (Lipinski definition) is 1. The Morgan fingerprint density at radius 1 is 1.16 bits per heavy atom. The molecule has 0 saturated heterocycles. The van der Waals surface area contributed by atoms with E-state index in [9.17, 15) is 4.79 Å². The smallest absolute Gasteiger partial charge is 0.249 e. The molecule has 0 bridgehead atoms. The molecule has 0 unspecified atom stereocenters. The van der Waals surface area contributed by atoms with Crippen molar-refractivity contribution < 1.29 is 4.79 Å². The highest BCUT2D eigenvalue weighted by atomic mass is 16.1. The number of primary amides is 1. The van der Waals surface area contributed by atoms with Gasteiger partial charge in [0.2, 0.25) is 5.91 Å². The molecular formula is C16H16N2O. The standard InChI is InChI=1S/C16H16N2O/c1-2-5-11-13(16(17)19)9-8-12-10-6-3-4-7-14(10)18-15(11)12/h3-4,6-9,18H,2,5H2,1H3,(H2,17,19). The third kappa shape index (κ3) is 1.78. The van der Waals surface area contributed by atoms with Gasteiger partial charge in [0.25, 0.3) is 0 Å². The SMILES string of the molecule is CCCc1c(C(N)=O)ccc2c1[nH]c1ccccc12. The minimum Gasteiger partial charge on any atom is -0.366 e. The Balaban J connectivity index is 2.41. The summed E-state index contributed by atoms with van der Waals surface area (Å²) in [5, 5.41) is 2.34. The Morgan fingerprint density at radius 2 is 1.95 bits per heavy atom.